The second kappa shape index (κ2) is 67.2. The Morgan fingerprint density at radius 3 is 0.938 bits per heavy atom. The third kappa shape index (κ3) is 63.1. The van der Waals surface area contributed by atoms with E-state index in [1.165, 1.54) is 199 Å². The predicted octanol–water partition coefficient (Wildman–Crippen LogP) is 17.1. The zero-order chi connectivity index (χ0) is 37.0. The maximum absolute atomic E-state index is 2.40. The molecule has 6 aliphatic heterocycles. The maximum Gasteiger partial charge on any atom is -0.0284 e. The largest absolute Gasteiger partial charge is 0.122 e. The predicted molar refractivity (Wildman–Crippen MR) is 257 cm³/mol. The van der Waals surface area contributed by atoms with Crippen molar-refractivity contribution < 1.29 is 0 Å². The molecule has 0 nitrogen and oxygen atoms in total. The molecule has 4 saturated heterocycles. The van der Waals surface area contributed by atoms with Gasteiger partial charge in [0.05, 0.1) is 0 Å². The third-order valence-corrected chi connectivity index (χ3v) is 15.1. The Balaban J connectivity index is -0.000000147. The molecule has 4 unspecified atom stereocenters. The van der Waals surface area contributed by atoms with Crippen LogP contribution in [0, 0.1) is 5.92 Å². The molecule has 0 spiro atoms. The summed E-state index contributed by atoms with van der Waals surface area (Å²) in [5, 5.41) is 0. The molecule has 0 amide bonds. The molecule has 4 atom stereocenters. The Morgan fingerprint density at radius 2 is 0.688 bits per heavy atom. The molecular weight excluding hydrogens is 690 g/mol. The molecule has 0 aliphatic carbocycles. The van der Waals surface area contributed by atoms with Crippen LogP contribution in [0.3, 0.4) is 0 Å². The highest BCUT2D eigenvalue weighted by molar-refractivity contribution is 7.42. The van der Waals surface area contributed by atoms with Gasteiger partial charge < -0.3 is 0 Å². The van der Waals surface area contributed by atoms with E-state index >= 15 is 0 Å². The fourth-order valence-corrected chi connectivity index (χ4v) is 11.7. The lowest BCUT2D eigenvalue weighted by molar-refractivity contribution is 0.489. The number of hydrogen-bond donors (Lipinski definition) is 0. The second-order valence-corrected chi connectivity index (χ2v) is 19.7. The quantitative estimate of drug-likeness (QED) is 0.215. The molecule has 0 bridgehead atoms. The smallest absolute Gasteiger partial charge is 0.0284 e. The molecule has 0 saturated carbocycles. The van der Waals surface area contributed by atoms with E-state index in [4.69, 9.17) is 0 Å². The molecule has 4 fully saturated rings. The van der Waals surface area contributed by atoms with Crippen molar-refractivity contribution in [2.45, 2.75) is 179 Å². The number of hydrogen-bond acceptors (Lipinski definition) is 0. The fourth-order valence-electron chi connectivity index (χ4n) is 4.75. The highest BCUT2D eigenvalue weighted by atomic mass is 31.1. The van der Waals surface area contributed by atoms with E-state index in [1.54, 1.807) is 0 Å². The zero-order valence-corrected chi connectivity index (χ0v) is 41.3. The summed E-state index contributed by atoms with van der Waals surface area (Å²) in [5.74, 6) is 5.58. The van der Waals surface area contributed by atoms with Crippen LogP contribution in [0.2, 0.25) is 0 Å². The van der Waals surface area contributed by atoms with Crippen molar-refractivity contribution in [3.8, 4) is 0 Å². The van der Waals surface area contributed by atoms with E-state index in [0.29, 0.717) is 0 Å². The molecule has 48 heavy (non-hydrogen) atoms. The molecule has 6 aliphatic rings. The van der Waals surface area contributed by atoms with Gasteiger partial charge >= 0.3 is 0 Å². The summed E-state index contributed by atoms with van der Waals surface area (Å²) in [6.07, 6.45) is 43.3. The summed E-state index contributed by atoms with van der Waals surface area (Å²) < 4.78 is 0. The standard InChI is InChI=1S/C8H17P.C6H13P.C5H11P.C5H9P.C4H9P.C4H7P.5C2H6/c1-8-4-2-3-6-9-7-5-8;1-2-4-6-7-5-3-1;2*1-2-4-6-5-3-1;2*1-2-4-5-3-1;5*1-2/h8-9H,2-7H2,1H3;7H,1-6H2;6H,1-5H2;2,4,6H,1,3,5H2;5H,1-4H2;1,3,5H,2,4H2;5*1-2H3. The Hall–Kier alpha value is 2.06. The van der Waals surface area contributed by atoms with Gasteiger partial charge in [0.1, 0.15) is 0 Å². The molecule has 0 N–H and O–H groups in total. The summed E-state index contributed by atoms with van der Waals surface area (Å²) >= 11 is 0. The van der Waals surface area contributed by atoms with Crippen LogP contribution >= 0.6 is 51.5 Å². The first-order valence-electron chi connectivity index (χ1n) is 21.5. The molecule has 6 rings (SSSR count). The van der Waals surface area contributed by atoms with Gasteiger partial charge in [-0.15, -0.1) is 34.3 Å². The van der Waals surface area contributed by atoms with Crippen LogP contribution < -0.4 is 0 Å². The number of allylic oxidation sites excluding steroid dienone is 2. The summed E-state index contributed by atoms with van der Waals surface area (Å²) in [6, 6.07) is 0. The molecule has 0 aromatic carbocycles. The molecule has 0 radical (unpaired) electrons. The Bertz CT molecular complexity index is 444. The summed E-state index contributed by atoms with van der Waals surface area (Å²) in [5.41, 5.74) is 0. The number of rotatable bonds is 0. The average molecular weight is 787 g/mol. The SMILES string of the molecule is C1=CPCC1.C1=CPCCC1.C1CCCPCC1.C1CCPC1.C1CCPCC1.CC.CC.CC.CC.CC.CC1CCCCPCC1. The third-order valence-electron chi connectivity index (χ3n) is 7.35. The Morgan fingerprint density at radius 1 is 0.333 bits per heavy atom. The maximum atomic E-state index is 2.40. The van der Waals surface area contributed by atoms with Crippen LogP contribution in [0.1, 0.15) is 179 Å². The van der Waals surface area contributed by atoms with Crippen molar-refractivity contribution in [1.82, 2.24) is 0 Å². The van der Waals surface area contributed by atoms with Crippen molar-refractivity contribution in [1.29, 1.82) is 0 Å². The monoisotopic (exact) mass is 787 g/mol. The van der Waals surface area contributed by atoms with Gasteiger partial charge in [-0.2, -0.15) is 0 Å². The van der Waals surface area contributed by atoms with Gasteiger partial charge in [-0.3, -0.25) is 0 Å². The van der Waals surface area contributed by atoms with Crippen molar-refractivity contribution in [2.24, 2.45) is 5.92 Å². The van der Waals surface area contributed by atoms with E-state index in [2.05, 4.69) is 30.7 Å². The Labute approximate surface area is 320 Å². The van der Waals surface area contributed by atoms with Crippen molar-refractivity contribution in [3.05, 3.63) is 23.8 Å². The lowest BCUT2D eigenvalue weighted by Crippen LogP contribution is -1.99. The van der Waals surface area contributed by atoms with Crippen molar-refractivity contribution >= 4 is 51.5 Å². The van der Waals surface area contributed by atoms with Gasteiger partial charge in [-0.05, 0) is 138 Å². The van der Waals surface area contributed by atoms with E-state index in [1.807, 2.05) is 69.2 Å². The minimum atomic E-state index is 1.03. The van der Waals surface area contributed by atoms with Gasteiger partial charge in [-0.1, -0.05) is 149 Å². The zero-order valence-electron chi connectivity index (χ0n) is 35.3. The summed E-state index contributed by atoms with van der Waals surface area (Å²) in [6.45, 7) is 22.4. The van der Waals surface area contributed by atoms with Gasteiger partial charge in [0.15, 0.2) is 0 Å². The van der Waals surface area contributed by atoms with E-state index in [-0.39, 0.29) is 0 Å². The summed E-state index contributed by atoms with van der Waals surface area (Å²) in [4.78, 5) is 0. The average Bonchev–Trinajstić information content (AvgIpc) is 3.93. The van der Waals surface area contributed by atoms with Crippen molar-refractivity contribution in [2.75, 3.05) is 61.6 Å². The molecule has 0 aromatic heterocycles. The van der Waals surface area contributed by atoms with Crippen LogP contribution in [-0.2, 0) is 0 Å². The van der Waals surface area contributed by atoms with E-state index in [0.717, 1.165) is 23.1 Å². The summed E-state index contributed by atoms with van der Waals surface area (Å²) in [7, 11) is 7.43. The first-order valence-corrected chi connectivity index (χ1v) is 29.7. The van der Waals surface area contributed by atoms with Gasteiger partial charge in [0, 0.05) is 0 Å². The fraction of sp³-hybridized carbons (Fsp3) is 0.905. The van der Waals surface area contributed by atoms with Crippen LogP contribution in [-0.4, -0.2) is 61.6 Å². The molecule has 0 aromatic rings. The van der Waals surface area contributed by atoms with Gasteiger partial charge in [0.25, 0.3) is 0 Å². The molecule has 6 heteroatoms. The normalized spacial score (nSPS) is 21.8. The minimum absolute atomic E-state index is 1.03. The molecule has 294 valence electrons. The lowest BCUT2D eigenvalue weighted by Gasteiger charge is -2.14. The van der Waals surface area contributed by atoms with Crippen LogP contribution in [0.4, 0.5) is 0 Å². The molecule has 6 heterocycles. The van der Waals surface area contributed by atoms with Gasteiger partial charge in [0.2, 0.25) is 0 Å². The second-order valence-electron chi connectivity index (χ2n) is 11.2. The molecular formula is C42H96P6. The van der Waals surface area contributed by atoms with E-state index < -0.39 is 0 Å². The van der Waals surface area contributed by atoms with Crippen molar-refractivity contribution in [3.63, 3.8) is 0 Å². The topological polar surface area (TPSA) is 0 Å². The highest BCUT2D eigenvalue weighted by Gasteiger charge is 2.04. The first-order chi connectivity index (χ1) is 23.9. The highest BCUT2D eigenvalue weighted by Crippen LogP contribution is 2.25. The van der Waals surface area contributed by atoms with E-state index in [9.17, 15) is 0 Å². The lowest BCUT2D eigenvalue weighted by atomic mass is 10.0. The Kier molecular flexibility index (Phi) is 83.1. The minimum Gasteiger partial charge on any atom is -0.122 e. The van der Waals surface area contributed by atoms with Crippen LogP contribution in [0.15, 0.2) is 23.8 Å². The first kappa shape index (κ1) is 59.3. The van der Waals surface area contributed by atoms with Gasteiger partial charge in [-0.25, -0.2) is 0 Å². The van der Waals surface area contributed by atoms with Crippen LogP contribution in [0.25, 0.3) is 0 Å². The van der Waals surface area contributed by atoms with Crippen LogP contribution in [0.5, 0.6) is 0 Å².